The second-order valence-corrected chi connectivity index (χ2v) is 3.48. The summed E-state index contributed by atoms with van der Waals surface area (Å²) in [7, 11) is 1.70. The van der Waals surface area contributed by atoms with Crippen molar-refractivity contribution < 1.29 is 9.31 Å². The highest BCUT2D eigenvalue weighted by Gasteiger charge is 2.15. The summed E-state index contributed by atoms with van der Waals surface area (Å²) >= 11 is 0. The van der Waals surface area contributed by atoms with Crippen molar-refractivity contribution in [1.82, 2.24) is 10.2 Å². The van der Waals surface area contributed by atoms with E-state index in [0.717, 1.165) is 12.1 Å². The Hall–Kier alpha value is -2.57. The summed E-state index contributed by atoms with van der Waals surface area (Å²) < 4.78 is 13.2. The largest absolute Gasteiger partial charge is 0.372 e. The molecule has 1 aromatic carbocycles. The van der Waals surface area contributed by atoms with Crippen molar-refractivity contribution >= 4 is 11.5 Å². The fourth-order valence-corrected chi connectivity index (χ4v) is 1.43. The quantitative estimate of drug-likeness (QED) is 0.665. The molecule has 0 saturated carbocycles. The van der Waals surface area contributed by atoms with Gasteiger partial charge in [0.2, 0.25) is 5.82 Å². The average Bonchev–Trinajstić information content (AvgIpc) is 2.39. The van der Waals surface area contributed by atoms with Crippen LogP contribution in [0, 0.1) is 15.9 Å². The zero-order valence-corrected chi connectivity index (χ0v) is 9.42. The maximum atomic E-state index is 13.2. The fourth-order valence-electron chi connectivity index (χ4n) is 1.43. The standard InChI is InChI=1S/C11H9FN4O2/c1-13-11-5-4-9(14-15-11)7-2-3-8(12)10(6-7)16(17)18/h2-6H,1H3,(H,13,15). The number of nitro groups is 1. The van der Waals surface area contributed by atoms with Crippen LogP contribution in [0.3, 0.4) is 0 Å². The van der Waals surface area contributed by atoms with Crippen LogP contribution in [0.25, 0.3) is 11.3 Å². The second-order valence-electron chi connectivity index (χ2n) is 3.48. The van der Waals surface area contributed by atoms with Crippen molar-refractivity contribution in [2.45, 2.75) is 0 Å². The van der Waals surface area contributed by atoms with Gasteiger partial charge in [-0.1, -0.05) is 0 Å². The minimum atomic E-state index is -0.872. The van der Waals surface area contributed by atoms with E-state index in [9.17, 15) is 14.5 Å². The number of hydrogen-bond donors (Lipinski definition) is 1. The smallest absolute Gasteiger partial charge is 0.305 e. The summed E-state index contributed by atoms with van der Waals surface area (Å²) in [4.78, 5) is 9.86. The SMILES string of the molecule is CNc1ccc(-c2ccc(F)c([N+](=O)[O-])c2)nn1. The van der Waals surface area contributed by atoms with E-state index < -0.39 is 16.4 Å². The Morgan fingerprint density at radius 3 is 2.61 bits per heavy atom. The molecular formula is C11H9FN4O2. The van der Waals surface area contributed by atoms with E-state index >= 15 is 0 Å². The second kappa shape index (κ2) is 4.74. The van der Waals surface area contributed by atoms with Crippen LogP contribution >= 0.6 is 0 Å². The number of hydrogen-bond acceptors (Lipinski definition) is 5. The molecule has 0 amide bonds. The highest BCUT2D eigenvalue weighted by Crippen LogP contribution is 2.24. The molecule has 2 rings (SSSR count). The molecule has 0 aliphatic carbocycles. The molecule has 0 fully saturated rings. The third-order valence-corrected chi connectivity index (χ3v) is 2.36. The van der Waals surface area contributed by atoms with E-state index in [4.69, 9.17) is 0 Å². The molecular weight excluding hydrogens is 239 g/mol. The van der Waals surface area contributed by atoms with Gasteiger partial charge < -0.3 is 5.32 Å². The lowest BCUT2D eigenvalue weighted by Gasteiger charge is -2.02. The van der Waals surface area contributed by atoms with Crippen molar-refractivity contribution in [3.63, 3.8) is 0 Å². The van der Waals surface area contributed by atoms with Crippen LogP contribution in [0.1, 0.15) is 0 Å². The van der Waals surface area contributed by atoms with Crippen molar-refractivity contribution in [2.75, 3.05) is 12.4 Å². The third kappa shape index (κ3) is 2.24. The molecule has 1 heterocycles. The minimum Gasteiger partial charge on any atom is -0.372 e. The van der Waals surface area contributed by atoms with E-state index in [0.29, 0.717) is 17.1 Å². The van der Waals surface area contributed by atoms with Crippen LogP contribution in [-0.4, -0.2) is 22.2 Å². The lowest BCUT2D eigenvalue weighted by Crippen LogP contribution is -1.96. The Bertz CT molecular complexity index is 586. The predicted octanol–water partition coefficient (Wildman–Crippen LogP) is 2.23. The van der Waals surface area contributed by atoms with Crippen molar-refractivity contribution in [2.24, 2.45) is 0 Å². The highest BCUT2D eigenvalue weighted by molar-refractivity contribution is 5.63. The van der Waals surface area contributed by atoms with E-state index in [2.05, 4.69) is 15.5 Å². The zero-order valence-electron chi connectivity index (χ0n) is 9.42. The van der Waals surface area contributed by atoms with Crippen LogP contribution in [0.5, 0.6) is 0 Å². The molecule has 1 aromatic heterocycles. The van der Waals surface area contributed by atoms with Crippen LogP contribution in [0.15, 0.2) is 30.3 Å². The first-order chi connectivity index (χ1) is 8.61. The Labute approximate surface area is 102 Å². The Morgan fingerprint density at radius 1 is 1.28 bits per heavy atom. The number of nitrogens with zero attached hydrogens (tertiary/aromatic N) is 3. The van der Waals surface area contributed by atoms with Crippen molar-refractivity contribution in [3.05, 3.63) is 46.3 Å². The highest BCUT2D eigenvalue weighted by atomic mass is 19.1. The third-order valence-electron chi connectivity index (χ3n) is 2.36. The summed E-state index contributed by atoms with van der Waals surface area (Å²) in [5, 5.41) is 21.2. The topological polar surface area (TPSA) is 81.0 Å². The number of nitro benzene ring substituents is 1. The maximum Gasteiger partial charge on any atom is 0.305 e. The summed E-state index contributed by atoms with van der Waals surface area (Å²) in [6, 6.07) is 6.93. The number of anilines is 1. The van der Waals surface area contributed by atoms with Gasteiger partial charge in [0.05, 0.1) is 10.6 Å². The first kappa shape index (κ1) is 11.9. The van der Waals surface area contributed by atoms with Crippen molar-refractivity contribution in [3.8, 4) is 11.3 Å². The number of rotatable bonds is 3. The number of nitrogens with one attached hydrogen (secondary N) is 1. The molecule has 0 bridgehead atoms. The molecule has 0 aliphatic heterocycles. The van der Waals surface area contributed by atoms with Gasteiger partial charge in [-0.3, -0.25) is 10.1 Å². The van der Waals surface area contributed by atoms with Crippen LogP contribution < -0.4 is 5.32 Å². The molecule has 0 aliphatic rings. The zero-order chi connectivity index (χ0) is 13.1. The Balaban J connectivity index is 2.44. The average molecular weight is 248 g/mol. The molecule has 0 atom stereocenters. The summed E-state index contributed by atoms with van der Waals surface area (Å²) in [6.07, 6.45) is 0. The molecule has 2 aromatic rings. The summed E-state index contributed by atoms with van der Waals surface area (Å²) in [5.74, 6) is -0.293. The van der Waals surface area contributed by atoms with E-state index in [1.54, 1.807) is 19.2 Å². The van der Waals surface area contributed by atoms with Crippen LogP contribution in [-0.2, 0) is 0 Å². The molecule has 0 radical (unpaired) electrons. The molecule has 92 valence electrons. The number of halogens is 1. The van der Waals surface area contributed by atoms with Gasteiger partial charge in [0.25, 0.3) is 0 Å². The summed E-state index contributed by atoms with van der Waals surface area (Å²) in [5.41, 5.74) is 0.308. The minimum absolute atomic E-state index is 0.442. The normalized spacial score (nSPS) is 10.1. The van der Waals surface area contributed by atoms with Gasteiger partial charge >= 0.3 is 5.69 Å². The molecule has 7 heteroatoms. The monoisotopic (exact) mass is 248 g/mol. The number of aromatic nitrogens is 2. The Morgan fingerprint density at radius 2 is 2.06 bits per heavy atom. The van der Waals surface area contributed by atoms with Gasteiger partial charge in [0.1, 0.15) is 5.82 Å². The van der Waals surface area contributed by atoms with E-state index in [1.807, 2.05) is 0 Å². The molecule has 6 nitrogen and oxygen atoms in total. The lowest BCUT2D eigenvalue weighted by atomic mass is 10.1. The van der Waals surface area contributed by atoms with E-state index in [-0.39, 0.29) is 0 Å². The van der Waals surface area contributed by atoms with Crippen LogP contribution in [0.4, 0.5) is 15.9 Å². The molecule has 0 unspecified atom stereocenters. The Kier molecular flexibility index (Phi) is 3.13. The lowest BCUT2D eigenvalue weighted by molar-refractivity contribution is -0.387. The van der Waals surface area contributed by atoms with Gasteiger partial charge in [0, 0.05) is 18.7 Å². The van der Waals surface area contributed by atoms with Gasteiger partial charge in [-0.25, -0.2) is 0 Å². The van der Waals surface area contributed by atoms with Gasteiger partial charge in [-0.15, -0.1) is 10.2 Å². The predicted molar refractivity (Wildman–Crippen MR) is 63.6 cm³/mol. The van der Waals surface area contributed by atoms with Gasteiger partial charge in [-0.05, 0) is 24.3 Å². The first-order valence-corrected chi connectivity index (χ1v) is 5.07. The molecule has 0 spiro atoms. The first-order valence-electron chi connectivity index (χ1n) is 5.07. The molecule has 0 saturated heterocycles. The maximum absolute atomic E-state index is 13.2. The fraction of sp³-hybridized carbons (Fsp3) is 0.0909. The van der Waals surface area contributed by atoms with E-state index in [1.165, 1.54) is 6.07 Å². The molecule has 18 heavy (non-hydrogen) atoms. The van der Waals surface area contributed by atoms with Crippen molar-refractivity contribution in [1.29, 1.82) is 0 Å². The van der Waals surface area contributed by atoms with Gasteiger partial charge in [0.15, 0.2) is 0 Å². The van der Waals surface area contributed by atoms with Gasteiger partial charge in [-0.2, -0.15) is 4.39 Å². The number of benzene rings is 1. The summed E-state index contributed by atoms with van der Waals surface area (Å²) in [6.45, 7) is 0. The molecule has 1 N–H and O–H groups in total. The van der Waals surface area contributed by atoms with Crippen LogP contribution in [0.2, 0.25) is 0 Å².